The number of anilines is 1. The van der Waals surface area contributed by atoms with E-state index in [1.54, 1.807) is 30.3 Å². The molecule has 1 spiro atoms. The molecule has 3 heterocycles. The largest absolute Gasteiger partial charge is 0.302 e. The van der Waals surface area contributed by atoms with E-state index in [1.165, 1.54) is 0 Å². The van der Waals surface area contributed by atoms with E-state index in [-0.39, 0.29) is 11.7 Å². The van der Waals surface area contributed by atoms with Gasteiger partial charge in [-0.25, -0.2) is 4.98 Å². The van der Waals surface area contributed by atoms with Crippen LogP contribution in [0.1, 0.15) is 41.5 Å². The molecule has 1 aliphatic heterocycles. The van der Waals surface area contributed by atoms with Crippen LogP contribution in [-0.4, -0.2) is 26.2 Å². The minimum Gasteiger partial charge on any atom is -0.302 e. The van der Waals surface area contributed by atoms with Gasteiger partial charge in [-0.3, -0.25) is 19.1 Å². The summed E-state index contributed by atoms with van der Waals surface area (Å²) in [5.74, 6) is 0.796. The fraction of sp³-hybridized carbons (Fsp3) is 0.200. The zero-order chi connectivity index (χ0) is 22.0. The molecule has 0 N–H and O–H groups in total. The number of amides is 1. The first kappa shape index (κ1) is 19.2. The summed E-state index contributed by atoms with van der Waals surface area (Å²) in [6, 6.07) is 15.0. The molecule has 6 nitrogen and oxygen atoms in total. The second-order valence-corrected chi connectivity index (χ2v) is 8.91. The first-order valence-electron chi connectivity index (χ1n) is 10.5. The molecule has 6 rings (SSSR count). The summed E-state index contributed by atoms with van der Waals surface area (Å²) in [5.41, 5.74) is 4.55. The van der Waals surface area contributed by atoms with Gasteiger partial charge in [-0.1, -0.05) is 23.7 Å². The highest BCUT2D eigenvalue weighted by atomic mass is 35.5. The maximum absolute atomic E-state index is 13.4. The molecule has 0 saturated heterocycles. The SMILES string of the molecule is CC(=O)c1cccc(-n2c(CN3C(=O)C4(CC4)c4ccncc43)nc3cc(Cl)ccc32)c1. The summed E-state index contributed by atoms with van der Waals surface area (Å²) >= 11 is 6.23. The molecule has 1 saturated carbocycles. The van der Waals surface area contributed by atoms with Gasteiger partial charge in [0.15, 0.2) is 5.78 Å². The molecule has 158 valence electrons. The quantitative estimate of drug-likeness (QED) is 0.423. The number of pyridine rings is 1. The van der Waals surface area contributed by atoms with E-state index in [1.807, 2.05) is 47.0 Å². The fourth-order valence-corrected chi connectivity index (χ4v) is 4.92. The molecule has 7 heteroatoms. The molecular formula is C25H19ClN4O2. The number of ketones is 1. The first-order chi connectivity index (χ1) is 15.5. The highest BCUT2D eigenvalue weighted by molar-refractivity contribution is 6.31. The van der Waals surface area contributed by atoms with E-state index in [4.69, 9.17) is 16.6 Å². The Balaban J connectivity index is 1.52. The number of Topliss-reactive ketones (excluding diaryl/α,β-unsaturated/α-hetero) is 1. The molecule has 0 radical (unpaired) electrons. The molecule has 1 fully saturated rings. The number of aromatic nitrogens is 3. The van der Waals surface area contributed by atoms with Crippen LogP contribution in [0.25, 0.3) is 16.7 Å². The highest BCUT2D eigenvalue weighted by Gasteiger charge is 2.59. The van der Waals surface area contributed by atoms with E-state index in [2.05, 4.69) is 4.98 Å². The Kier molecular flexibility index (Phi) is 4.04. The van der Waals surface area contributed by atoms with Crippen LogP contribution < -0.4 is 4.90 Å². The Labute approximate surface area is 189 Å². The summed E-state index contributed by atoms with van der Waals surface area (Å²) in [6.45, 7) is 1.85. The normalized spacial score (nSPS) is 16.1. The van der Waals surface area contributed by atoms with Crippen molar-refractivity contribution >= 4 is 40.0 Å². The van der Waals surface area contributed by atoms with Crippen molar-refractivity contribution in [2.75, 3.05) is 4.90 Å². The average Bonchev–Trinajstić information content (AvgIpc) is 3.48. The molecule has 4 aromatic rings. The zero-order valence-corrected chi connectivity index (χ0v) is 18.1. The standard InChI is InChI=1S/C25H19ClN4O2/c1-15(31)16-3-2-4-18(11-16)30-21-6-5-17(26)12-20(21)28-23(30)14-29-22-13-27-10-7-19(22)25(8-9-25)24(29)32/h2-7,10-13H,8-9,14H2,1H3. The Bertz CT molecular complexity index is 1440. The van der Waals surface area contributed by atoms with Gasteiger partial charge in [0.05, 0.1) is 34.9 Å². The molecular weight excluding hydrogens is 424 g/mol. The first-order valence-corrected chi connectivity index (χ1v) is 10.9. The Morgan fingerprint density at radius 2 is 2.00 bits per heavy atom. The van der Waals surface area contributed by atoms with E-state index in [9.17, 15) is 9.59 Å². The van der Waals surface area contributed by atoms with Crippen LogP contribution in [0.3, 0.4) is 0 Å². The zero-order valence-electron chi connectivity index (χ0n) is 17.4. The van der Waals surface area contributed by atoms with Crippen molar-refractivity contribution in [3.63, 3.8) is 0 Å². The van der Waals surface area contributed by atoms with Crippen LogP contribution in [0.15, 0.2) is 60.9 Å². The molecule has 2 aliphatic rings. The lowest BCUT2D eigenvalue weighted by Crippen LogP contribution is -2.32. The fourth-order valence-electron chi connectivity index (χ4n) is 4.76. The van der Waals surface area contributed by atoms with Crippen LogP contribution in [0.2, 0.25) is 5.02 Å². The third-order valence-electron chi connectivity index (χ3n) is 6.51. The molecule has 0 bridgehead atoms. The molecule has 1 aliphatic carbocycles. The highest BCUT2D eigenvalue weighted by Crippen LogP contribution is 2.57. The van der Waals surface area contributed by atoms with Gasteiger partial charge in [0, 0.05) is 22.5 Å². The van der Waals surface area contributed by atoms with E-state index < -0.39 is 5.41 Å². The number of halogens is 1. The maximum Gasteiger partial charge on any atom is 0.238 e. The Hall–Kier alpha value is -3.51. The van der Waals surface area contributed by atoms with Crippen LogP contribution in [0.4, 0.5) is 5.69 Å². The number of nitrogens with zero attached hydrogens (tertiary/aromatic N) is 4. The van der Waals surface area contributed by atoms with Gasteiger partial charge in [-0.2, -0.15) is 0 Å². The monoisotopic (exact) mass is 442 g/mol. The molecule has 2 aromatic heterocycles. The van der Waals surface area contributed by atoms with E-state index >= 15 is 0 Å². The Morgan fingerprint density at radius 3 is 2.78 bits per heavy atom. The molecule has 2 aromatic carbocycles. The van der Waals surface area contributed by atoms with Crippen LogP contribution in [0.5, 0.6) is 0 Å². The molecule has 1 amide bonds. The summed E-state index contributed by atoms with van der Waals surface area (Å²) in [6.07, 6.45) is 5.25. The third-order valence-corrected chi connectivity index (χ3v) is 6.74. The average molecular weight is 443 g/mol. The van der Waals surface area contributed by atoms with E-state index in [0.29, 0.717) is 23.0 Å². The summed E-state index contributed by atoms with van der Waals surface area (Å²) in [7, 11) is 0. The smallest absolute Gasteiger partial charge is 0.238 e. The number of hydrogen-bond donors (Lipinski definition) is 0. The number of benzene rings is 2. The minimum absolute atomic E-state index is 0.00809. The number of fused-ring (bicyclic) bond motifs is 3. The lowest BCUT2D eigenvalue weighted by molar-refractivity contribution is -0.120. The van der Waals surface area contributed by atoms with Crippen molar-refractivity contribution in [1.29, 1.82) is 0 Å². The van der Waals surface area contributed by atoms with Gasteiger partial charge in [0.2, 0.25) is 5.91 Å². The summed E-state index contributed by atoms with van der Waals surface area (Å²) in [4.78, 5) is 36.3. The molecule has 0 atom stereocenters. The number of carbonyl (C=O) groups is 2. The van der Waals surface area contributed by atoms with Crippen LogP contribution >= 0.6 is 11.6 Å². The summed E-state index contributed by atoms with van der Waals surface area (Å²) < 4.78 is 2.00. The van der Waals surface area contributed by atoms with Gasteiger partial charge in [-0.15, -0.1) is 0 Å². The number of imidazole rings is 1. The minimum atomic E-state index is -0.396. The number of hydrogen-bond acceptors (Lipinski definition) is 4. The lowest BCUT2D eigenvalue weighted by Gasteiger charge is -2.19. The van der Waals surface area contributed by atoms with Crippen molar-refractivity contribution in [2.24, 2.45) is 0 Å². The predicted octanol–water partition coefficient (Wildman–Crippen LogP) is 4.85. The van der Waals surface area contributed by atoms with Crippen molar-refractivity contribution in [2.45, 2.75) is 31.7 Å². The number of carbonyl (C=O) groups excluding carboxylic acids is 2. The van der Waals surface area contributed by atoms with Gasteiger partial charge in [0.1, 0.15) is 5.82 Å². The van der Waals surface area contributed by atoms with Crippen molar-refractivity contribution in [3.05, 3.63) is 82.9 Å². The van der Waals surface area contributed by atoms with Gasteiger partial charge < -0.3 is 4.90 Å². The van der Waals surface area contributed by atoms with Gasteiger partial charge in [0.25, 0.3) is 0 Å². The van der Waals surface area contributed by atoms with Gasteiger partial charge in [-0.05, 0) is 61.7 Å². The molecule has 0 unspecified atom stereocenters. The lowest BCUT2D eigenvalue weighted by atomic mass is 9.99. The van der Waals surface area contributed by atoms with Crippen molar-refractivity contribution in [1.82, 2.24) is 14.5 Å². The van der Waals surface area contributed by atoms with Gasteiger partial charge >= 0.3 is 0 Å². The summed E-state index contributed by atoms with van der Waals surface area (Å²) in [5, 5.41) is 0.593. The van der Waals surface area contributed by atoms with Crippen LogP contribution in [0, 0.1) is 0 Å². The predicted molar refractivity (Wildman–Crippen MR) is 122 cm³/mol. The van der Waals surface area contributed by atoms with E-state index in [0.717, 1.165) is 40.8 Å². The topological polar surface area (TPSA) is 68.1 Å². The second kappa shape index (κ2) is 6.74. The van der Waals surface area contributed by atoms with Crippen molar-refractivity contribution in [3.8, 4) is 5.69 Å². The van der Waals surface area contributed by atoms with Crippen LogP contribution in [-0.2, 0) is 16.8 Å². The number of rotatable bonds is 4. The molecule has 32 heavy (non-hydrogen) atoms. The van der Waals surface area contributed by atoms with Crippen molar-refractivity contribution < 1.29 is 9.59 Å². The second-order valence-electron chi connectivity index (χ2n) is 8.47. The maximum atomic E-state index is 13.4. The Morgan fingerprint density at radius 1 is 1.16 bits per heavy atom. The third kappa shape index (κ3) is 2.72.